The van der Waals surface area contributed by atoms with Gasteiger partial charge in [-0.2, -0.15) is 0 Å². The van der Waals surface area contributed by atoms with Gasteiger partial charge in [-0.05, 0) is 6.07 Å². The van der Waals surface area contributed by atoms with Gasteiger partial charge < -0.3 is 19.3 Å². The first-order chi connectivity index (χ1) is 10.2. The fourth-order valence-corrected chi connectivity index (χ4v) is 1.94. The summed E-state index contributed by atoms with van der Waals surface area (Å²) in [6.45, 7) is 0.256. The van der Waals surface area contributed by atoms with Crippen LogP contribution in [0.25, 0.3) is 0 Å². The lowest BCUT2D eigenvalue weighted by atomic mass is 10.1. The zero-order valence-corrected chi connectivity index (χ0v) is 11.1. The lowest BCUT2D eigenvalue weighted by molar-refractivity contribution is 0.0688. The quantitative estimate of drug-likeness (QED) is 0.919. The molecule has 0 saturated heterocycles. The van der Waals surface area contributed by atoms with Crippen LogP contribution in [0.4, 0.5) is 0 Å². The maximum absolute atomic E-state index is 10.9. The van der Waals surface area contributed by atoms with Crippen LogP contribution in [-0.2, 0) is 0 Å². The number of nitrogens with zero attached hydrogens (tertiary/aromatic N) is 2. The van der Waals surface area contributed by atoms with Crippen LogP contribution in [-0.4, -0.2) is 34.8 Å². The second-order valence-corrected chi connectivity index (χ2v) is 4.38. The van der Waals surface area contributed by atoms with Crippen molar-refractivity contribution in [1.29, 1.82) is 0 Å². The molecule has 1 atom stereocenters. The smallest absolute Gasteiger partial charge is 0.337 e. The summed E-state index contributed by atoms with van der Waals surface area (Å²) in [6.07, 6.45) is 2.53. The molecule has 1 aliphatic heterocycles. The van der Waals surface area contributed by atoms with E-state index in [0.717, 1.165) is 5.56 Å². The molecule has 0 amide bonds. The molecule has 2 aromatic heterocycles. The van der Waals surface area contributed by atoms with E-state index in [0.29, 0.717) is 11.6 Å². The Morgan fingerprint density at radius 1 is 1.38 bits per heavy atom. The third-order valence-corrected chi connectivity index (χ3v) is 3.05. The minimum atomic E-state index is -1.06. The van der Waals surface area contributed by atoms with E-state index in [1.807, 2.05) is 6.07 Å². The number of hydrogen-bond donors (Lipinski definition) is 1. The molecule has 0 bridgehead atoms. The maximum atomic E-state index is 10.9. The first kappa shape index (κ1) is 13.2. The summed E-state index contributed by atoms with van der Waals surface area (Å²) in [4.78, 5) is 19.0. The van der Waals surface area contributed by atoms with Crippen LogP contribution in [0, 0.1) is 0 Å². The van der Waals surface area contributed by atoms with Crippen molar-refractivity contribution in [3.63, 3.8) is 0 Å². The number of carboxylic acid groups (broad SMARTS) is 1. The van der Waals surface area contributed by atoms with Crippen molar-refractivity contribution < 1.29 is 24.1 Å². The van der Waals surface area contributed by atoms with Gasteiger partial charge in [0.1, 0.15) is 6.61 Å². The molecular formula is C14H12N2O5. The monoisotopic (exact) mass is 288 g/mol. The summed E-state index contributed by atoms with van der Waals surface area (Å²) >= 11 is 0. The number of pyridine rings is 2. The average molecular weight is 288 g/mol. The van der Waals surface area contributed by atoms with Gasteiger partial charge in [-0.15, -0.1) is 0 Å². The van der Waals surface area contributed by atoms with E-state index in [9.17, 15) is 4.79 Å². The zero-order chi connectivity index (χ0) is 14.8. The molecule has 0 radical (unpaired) electrons. The molecule has 2 aromatic rings. The van der Waals surface area contributed by atoms with E-state index in [-0.39, 0.29) is 24.2 Å². The van der Waals surface area contributed by atoms with Gasteiger partial charge in [0.05, 0.1) is 12.7 Å². The number of fused-ring (bicyclic) bond motifs is 1. The minimum Gasteiger partial charge on any atom is -0.484 e. The van der Waals surface area contributed by atoms with Crippen molar-refractivity contribution in [1.82, 2.24) is 9.97 Å². The average Bonchev–Trinajstić information content (AvgIpc) is 2.54. The third kappa shape index (κ3) is 2.58. The molecule has 1 N–H and O–H groups in total. The molecule has 3 rings (SSSR count). The van der Waals surface area contributed by atoms with Gasteiger partial charge in [-0.25, -0.2) is 14.8 Å². The third-order valence-electron chi connectivity index (χ3n) is 3.05. The van der Waals surface area contributed by atoms with Gasteiger partial charge in [-0.3, -0.25) is 0 Å². The zero-order valence-electron chi connectivity index (χ0n) is 11.1. The van der Waals surface area contributed by atoms with Crippen LogP contribution in [0.15, 0.2) is 30.6 Å². The number of rotatable bonds is 3. The fraction of sp³-hybridized carbons (Fsp3) is 0.214. The Kier molecular flexibility index (Phi) is 3.31. The predicted molar refractivity (Wildman–Crippen MR) is 70.8 cm³/mol. The molecular weight excluding hydrogens is 276 g/mol. The highest BCUT2D eigenvalue weighted by atomic mass is 16.6. The van der Waals surface area contributed by atoms with Crippen molar-refractivity contribution in [2.75, 3.05) is 13.7 Å². The summed E-state index contributed by atoms with van der Waals surface area (Å²) in [6, 6.07) is 4.96. The molecule has 21 heavy (non-hydrogen) atoms. The Labute approximate surface area is 120 Å². The lowest BCUT2D eigenvalue weighted by Crippen LogP contribution is -2.22. The van der Waals surface area contributed by atoms with Crippen molar-refractivity contribution in [2.45, 2.75) is 6.10 Å². The van der Waals surface area contributed by atoms with Crippen LogP contribution in [0.2, 0.25) is 0 Å². The summed E-state index contributed by atoms with van der Waals surface area (Å²) < 4.78 is 16.2. The normalized spacial score (nSPS) is 16.3. The van der Waals surface area contributed by atoms with Crippen molar-refractivity contribution in [3.05, 3.63) is 41.7 Å². The molecule has 3 heterocycles. The summed E-state index contributed by atoms with van der Waals surface area (Å²) in [7, 11) is 1.54. The summed E-state index contributed by atoms with van der Waals surface area (Å²) in [5, 5.41) is 8.91. The highest BCUT2D eigenvalue weighted by Crippen LogP contribution is 2.34. The van der Waals surface area contributed by atoms with Gasteiger partial charge in [0.2, 0.25) is 5.88 Å². The van der Waals surface area contributed by atoms with Crippen LogP contribution < -0.4 is 14.2 Å². The lowest BCUT2D eigenvalue weighted by Gasteiger charge is -2.25. The van der Waals surface area contributed by atoms with Gasteiger partial charge in [0.25, 0.3) is 5.88 Å². The first-order valence-corrected chi connectivity index (χ1v) is 6.20. The van der Waals surface area contributed by atoms with Crippen LogP contribution >= 0.6 is 0 Å². The van der Waals surface area contributed by atoms with Crippen LogP contribution in [0.1, 0.15) is 22.0 Å². The Morgan fingerprint density at radius 2 is 2.24 bits per heavy atom. The molecule has 0 fully saturated rings. The largest absolute Gasteiger partial charge is 0.484 e. The van der Waals surface area contributed by atoms with E-state index in [1.54, 1.807) is 19.4 Å². The molecule has 0 unspecified atom stereocenters. The second-order valence-electron chi connectivity index (χ2n) is 4.38. The van der Waals surface area contributed by atoms with E-state index in [4.69, 9.17) is 19.3 Å². The van der Waals surface area contributed by atoms with Gasteiger partial charge >= 0.3 is 5.97 Å². The molecule has 0 spiro atoms. The molecule has 0 aromatic carbocycles. The number of aromatic nitrogens is 2. The Bertz CT molecular complexity index is 672. The Morgan fingerprint density at radius 3 is 2.90 bits per heavy atom. The maximum Gasteiger partial charge on any atom is 0.337 e. The molecule has 1 aliphatic rings. The van der Waals surface area contributed by atoms with Crippen molar-refractivity contribution in [3.8, 4) is 17.5 Å². The van der Waals surface area contributed by atoms with E-state index >= 15 is 0 Å². The van der Waals surface area contributed by atoms with Crippen LogP contribution in [0.3, 0.4) is 0 Å². The molecule has 7 nitrogen and oxygen atoms in total. The number of hydrogen-bond acceptors (Lipinski definition) is 6. The Hall–Kier alpha value is -2.83. The molecule has 0 saturated carbocycles. The van der Waals surface area contributed by atoms with Gasteiger partial charge in [0.15, 0.2) is 11.9 Å². The van der Waals surface area contributed by atoms with Crippen molar-refractivity contribution >= 4 is 5.97 Å². The predicted octanol–water partition coefficient (Wildman–Crippen LogP) is 1.70. The standard InChI is InChI=1S/C14H12N2O5/c1-19-12-3-2-8(5-15-12)11-7-20-10-4-9(14(17)18)6-16-13(10)21-11/h2-6,11H,7H2,1H3,(H,17,18)/t11-/m1/s1. The number of carboxylic acids is 1. The highest BCUT2D eigenvalue weighted by Gasteiger charge is 2.25. The van der Waals surface area contributed by atoms with Crippen molar-refractivity contribution in [2.24, 2.45) is 0 Å². The summed E-state index contributed by atoms with van der Waals surface area (Å²) in [5.74, 6) is 0.0511. The minimum absolute atomic E-state index is 0.0573. The highest BCUT2D eigenvalue weighted by molar-refractivity contribution is 5.87. The molecule has 7 heteroatoms. The number of methoxy groups -OCH3 is 1. The first-order valence-electron chi connectivity index (χ1n) is 6.20. The van der Waals surface area contributed by atoms with E-state index in [1.165, 1.54) is 12.3 Å². The van der Waals surface area contributed by atoms with E-state index in [2.05, 4.69) is 9.97 Å². The molecule has 108 valence electrons. The fourth-order valence-electron chi connectivity index (χ4n) is 1.94. The summed E-state index contributed by atoms with van der Waals surface area (Å²) in [5.41, 5.74) is 0.882. The Balaban J connectivity index is 1.82. The number of aromatic carboxylic acids is 1. The van der Waals surface area contributed by atoms with Crippen LogP contribution in [0.5, 0.6) is 17.5 Å². The SMILES string of the molecule is COc1ccc([C@H]2COc3cc(C(=O)O)cnc3O2)cn1. The molecule has 0 aliphatic carbocycles. The number of carbonyl (C=O) groups is 1. The van der Waals surface area contributed by atoms with Gasteiger partial charge in [0, 0.05) is 30.1 Å². The van der Waals surface area contributed by atoms with E-state index < -0.39 is 5.97 Å². The number of ether oxygens (including phenoxy) is 3. The second kappa shape index (κ2) is 5.28. The topological polar surface area (TPSA) is 90.8 Å². The van der Waals surface area contributed by atoms with Gasteiger partial charge in [-0.1, -0.05) is 0 Å².